The van der Waals surface area contributed by atoms with Crippen LogP contribution in [-0.2, 0) is 28.7 Å². The number of H-pyrrole nitrogens is 1. The van der Waals surface area contributed by atoms with E-state index >= 15 is 4.39 Å². The summed E-state index contributed by atoms with van der Waals surface area (Å²) < 4.78 is 70.7. The number of hydrogen-bond donors (Lipinski definition) is 3. The lowest BCUT2D eigenvalue weighted by molar-refractivity contribution is -0.137. The molecule has 1 saturated heterocycles. The zero-order valence-electron chi connectivity index (χ0n) is 32.4. The molecule has 3 amide bonds. The minimum absolute atomic E-state index is 0.0650. The number of Topliss-reactive ketones (excluding diaryl/α,β-unsaturated/α-hetero) is 1. The molecule has 0 atom stereocenters. The van der Waals surface area contributed by atoms with E-state index in [0.29, 0.717) is 49.3 Å². The highest BCUT2D eigenvalue weighted by atomic mass is 32.1. The third-order valence-corrected chi connectivity index (χ3v) is 11.1. The van der Waals surface area contributed by atoms with Crippen molar-refractivity contribution >= 4 is 63.1 Å². The van der Waals surface area contributed by atoms with Crippen molar-refractivity contribution < 1.29 is 41.1 Å². The third-order valence-electron chi connectivity index (χ3n) is 10.8. The van der Waals surface area contributed by atoms with E-state index in [2.05, 4.69) is 15.6 Å². The predicted molar refractivity (Wildman–Crippen MR) is 218 cm³/mol. The van der Waals surface area contributed by atoms with Crippen LogP contribution in [0.1, 0.15) is 88.9 Å². The van der Waals surface area contributed by atoms with Crippen LogP contribution in [-0.4, -0.2) is 45.7 Å². The van der Waals surface area contributed by atoms with Gasteiger partial charge in [0.05, 0.1) is 28.4 Å². The van der Waals surface area contributed by atoms with Gasteiger partial charge in [-0.25, -0.2) is 8.78 Å². The minimum atomic E-state index is -4.87. The van der Waals surface area contributed by atoms with E-state index in [1.807, 2.05) is 24.3 Å². The Kier molecular flexibility index (Phi) is 11.3. The van der Waals surface area contributed by atoms with Crippen LogP contribution in [0.4, 0.5) is 33.3 Å². The van der Waals surface area contributed by atoms with Crippen LogP contribution < -0.4 is 20.4 Å². The van der Waals surface area contributed by atoms with E-state index in [-0.39, 0.29) is 53.3 Å². The summed E-state index contributed by atoms with van der Waals surface area (Å²) in [6.07, 6.45) is -2.09. The van der Waals surface area contributed by atoms with Crippen molar-refractivity contribution in [2.45, 2.75) is 70.6 Å². The van der Waals surface area contributed by atoms with E-state index in [9.17, 15) is 36.7 Å². The lowest BCUT2D eigenvalue weighted by Crippen LogP contribution is -2.44. The number of unbranched alkanes of at least 4 members (excludes halogenated alkanes) is 1. The number of aromatic nitrogens is 1. The molecule has 1 aliphatic heterocycles. The Morgan fingerprint density at radius 3 is 2.37 bits per heavy atom. The third kappa shape index (κ3) is 7.96. The molecule has 60 heavy (non-hydrogen) atoms. The summed E-state index contributed by atoms with van der Waals surface area (Å²) >= 11 is 5.51. The first-order valence-electron chi connectivity index (χ1n) is 19.1. The van der Waals surface area contributed by atoms with Crippen molar-refractivity contribution in [2.75, 3.05) is 16.3 Å². The second kappa shape index (κ2) is 16.3. The van der Waals surface area contributed by atoms with Crippen LogP contribution in [0.15, 0.2) is 72.8 Å². The van der Waals surface area contributed by atoms with E-state index in [0.717, 1.165) is 44.8 Å². The molecule has 308 valence electrons. The minimum Gasteiger partial charge on any atom is -0.354 e. The fraction of sp³-hybridized carbons (Fsp3) is 0.273. The van der Waals surface area contributed by atoms with Gasteiger partial charge < -0.3 is 20.5 Å². The molecular formula is C44H37F5N6O4S. The lowest BCUT2D eigenvalue weighted by atomic mass is 9.99. The second-order valence-corrected chi connectivity index (χ2v) is 15.5. The van der Waals surface area contributed by atoms with Gasteiger partial charge in [0.1, 0.15) is 17.2 Å². The first-order chi connectivity index (χ1) is 28.5. The Labute approximate surface area is 346 Å². The molecule has 1 aliphatic carbocycles. The number of aromatic amines is 1. The number of carbonyl (C=O) groups is 4. The van der Waals surface area contributed by atoms with Crippen LogP contribution in [0.25, 0.3) is 22.2 Å². The number of carbonyl (C=O) groups excluding carboxylic acids is 4. The van der Waals surface area contributed by atoms with Crippen LogP contribution in [0.5, 0.6) is 0 Å². The number of nitrogens with zero attached hydrogens (tertiary/aromatic N) is 3. The number of nitriles is 1. The number of anilines is 2. The van der Waals surface area contributed by atoms with Gasteiger partial charge in [-0.3, -0.25) is 24.1 Å². The molecule has 4 aromatic carbocycles. The number of rotatable bonds is 11. The number of amides is 3. The molecular weight excluding hydrogens is 804 g/mol. The highest BCUT2D eigenvalue weighted by Crippen LogP contribution is 2.41. The summed E-state index contributed by atoms with van der Waals surface area (Å²) in [4.78, 5) is 57.1. The number of thiocarbonyl (C=S) groups is 1. The zero-order chi connectivity index (χ0) is 43.1. The van der Waals surface area contributed by atoms with Crippen LogP contribution in [0.3, 0.4) is 0 Å². The Bertz CT molecular complexity index is 2630. The molecule has 0 bridgehead atoms. The smallest absolute Gasteiger partial charge is 0.354 e. The maximum Gasteiger partial charge on any atom is 0.417 e. The molecule has 0 spiro atoms. The molecule has 10 nitrogen and oxygen atoms in total. The average Bonchev–Trinajstić information content (AvgIpc) is 3.57. The van der Waals surface area contributed by atoms with Gasteiger partial charge in [0.15, 0.2) is 10.9 Å². The average molecular weight is 841 g/mol. The molecule has 3 N–H and O–H groups in total. The fourth-order valence-electron chi connectivity index (χ4n) is 7.72. The van der Waals surface area contributed by atoms with Crippen molar-refractivity contribution in [1.82, 2.24) is 15.6 Å². The van der Waals surface area contributed by atoms with Gasteiger partial charge in [0.2, 0.25) is 5.91 Å². The van der Waals surface area contributed by atoms with Gasteiger partial charge in [-0.05, 0) is 117 Å². The number of alkyl halides is 3. The second-order valence-electron chi connectivity index (χ2n) is 15.1. The van der Waals surface area contributed by atoms with E-state index in [1.54, 1.807) is 0 Å². The number of aryl methyl sites for hydroxylation is 1. The molecule has 0 unspecified atom stereocenters. The molecule has 1 fully saturated rings. The maximum atomic E-state index is 15.4. The van der Waals surface area contributed by atoms with Gasteiger partial charge >= 0.3 is 6.18 Å². The van der Waals surface area contributed by atoms with Crippen molar-refractivity contribution in [3.05, 3.63) is 118 Å². The molecule has 1 aromatic heterocycles. The summed E-state index contributed by atoms with van der Waals surface area (Å²) in [5.74, 6) is -3.04. The molecule has 7 rings (SSSR count). The number of nitrogens with one attached hydrogen (secondary N) is 3. The normalized spacial score (nSPS) is 15.0. The SMILES string of the molecule is CC1(C)C(=O)N(c2ccc(C#N)c(C(F)(F)F)c2)C(=S)N1c1ccc(C(=O)NCCCCC(=O)NCc2ccc(-c3[nH]c4cc(F)cc5c4c3CCCC5=O)cc2)c(F)c1. The fourth-order valence-corrected chi connectivity index (χ4v) is 8.24. The number of benzene rings is 4. The Balaban J connectivity index is 0.896. The summed E-state index contributed by atoms with van der Waals surface area (Å²) in [6, 6.07) is 18.2. The lowest BCUT2D eigenvalue weighted by Gasteiger charge is -2.29. The van der Waals surface area contributed by atoms with E-state index in [4.69, 9.17) is 17.5 Å². The number of hydrogen-bond acceptors (Lipinski definition) is 6. The Morgan fingerprint density at radius 2 is 1.67 bits per heavy atom. The van der Waals surface area contributed by atoms with Crippen LogP contribution in [0, 0.1) is 23.0 Å². The van der Waals surface area contributed by atoms with E-state index < -0.39 is 46.3 Å². The summed E-state index contributed by atoms with van der Waals surface area (Å²) in [7, 11) is 0. The van der Waals surface area contributed by atoms with Gasteiger partial charge in [-0.1, -0.05) is 24.3 Å². The van der Waals surface area contributed by atoms with Gasteiger partial charge in [-0.2, -0.15) is 18.4 Å². The first-order valence-corrected chi connectivity index (χ1v) is 19.5. The monoisotopic (exact) mass is 840 g/mol. The Morgan fingerprint density at radius 1 is 0.933 bits per heavy atom. The first kappa shape index (κ1) is 41.7. The zero-order valence-corrected chi connectivity index (χ0v) is 33.2. The number of halogens is 5. The standard InChI is InChI=1S/C44H37F5N6O4S/c1-43(2)41(59)54(28-14-13-26(22-50)33(20-28)44(47,48)49)42(60)55(43)29-15-16-30(34(46)21-29)40(58)51-17-4-3-8-37(57)52-23-24-9-11-25(12-10-24)39-31-6-5-7-36(56)32-18-27(45)19-35(53-39)38(31)32/h9-16,18-21,53H,3-8,17,23H2,1-2H3,(H,51,58)(H,52,57). The van der Waals surface area contributed by atoms with Crippen molar-refractivity contribution in [3.63, 3.8) is 0 Å². The van der Waals surface area contributed by atoms with Crippen molar-refractivity contribution in [2.24, 2.45) is 0 Å². The highest BCUT2D eigenvalue weighted by molar-refractivity contribution is 7.81. The highest BCUT2D eigenvalue weighted by Gasteiger charge is 2.51. The van der Waals surface area contributed by atoms with Gasteiger partial charge in [0, 0.05) is 53.8 Å². The summed E-state index contributed by atoms with van der Waals surface area (Å²) in [5.41, 5.74) is 0.840. The van der Waals surface area contributed by atoms with Crippen LogP contribution >= 0.6 is 12.2 Å². The molecule has 2 aliphatic rings. The molecule has 5 aromatic rings. The van der Waals surface area contributed by atoms with Gasteiger partial charge in [-0.15, -0.1) is 0 Å². The van der Waals surface area contributed by atoms with Gasteiger partial charge in [0.25, 0.3) is 11.8 Å². The topological polar surface area (TPSA) is 138 Å². The molecule has 0 saturated carbocycles. The molecule has 16 heteroatoms. The largest absolute Gasteiger partial charge is 0.417 e. The quantitative estimate of drug-likeness (QED) is 0.0688. The van der Waals surface area contributed by atoms with E-state index in [1.165, 1.54) is 55.1 Å². The Hall–Kier alpha value is -6.47. The summed E-state index contributed by atoms with van der Waals surface area (Å²) in [6.45, 7) is 3.39. The number of ketones is 1. The predicted octanol–water partition coefficient (Wildman–Crippen LogP) is 8.66. The van der Waals surface area contributed by atoms with Crippen molar-refractivity contribution in [1.29, 1.82) is 5.26 Å². The maximum absolute atomic E-state index is 15.4. The summed E-state index contributed by atoms with van der Waals surface area (Å²) in [5, 5.41) is 15.2. The van der Waals surface area contributed by atoms with Crippen LogP contribution in [0.2, 0.25) is 0 Å². The molecule has 0 radical (unpaired) electrons. The molecule has 2 heterocycles. The van der Waals surface area contributed by atoms with Crippen molar-refractivity contribution in [3.8, 4) is 17.3 Å².